The minimum absolute atomic E-state index is 0.313. The molecule has 0 radical (unpaired) electrons. The molecule has 4 heteroatoms. The van der Waals surface area contributed by atoms with Crippen molar-refractivity contribution in [2.24, 2.45) is 5.73 Å². The minimum atomic E-state index is -0.546. The van der Waals surface area contributed by atoms with E-state index in [0.29, 0.717) is 9.28 Å². The first-order valence-electron chi connectivity index (χ1n) is 4.39. The van der Waals surface area contributed by atoms with Crippen molar-refractivity contribution in [1.82, 2.24) is 0 Å². The van der Waals surface area contributed by atoms with Crippen LogP contribution in [0.15, 0.2) is 39.6 Å². The van der Waals surface area contributed by atoms with Crippen LogP contribution in [0.3, 0.4) is 0 Å². The van der Waals surface area contributed by atoms with Crippen molar-refractivity contribution in [2.75, 3.05) is 7.11 Å². The number of nitrogens with two attached hydrogens (primary N) is 1. The summed E-state index contributed by atoms with van der Waals surface area (Å²) in [6, 6.07) is 9.86. The Bertz CT molecular complexity index is 369. The van der Waals surface area contributed by atoms with Crippen LogP contribution in [0.5, 0.6) is 0 Å². The highest BCUT2D eigenvalue weighted by molar-refractivity contribution is 5.85. The molecule has 0 aromatic heterocycles. The summed E-state index contributed by atoms with van der Waals surface area (Å²) in [5.41, 5.74) is 6.22. The Hall–Kier alpha value is -1.04. The van der Waals surface area contributed by atoms with E-state index in [9.17, 15) is 4.79 Å². The molecule has 0 fully saturated rings. The first kappa shape index (κ1) is 12.0. The highest BCUT2D eigenvalue weighted by Gasteiger charge is 2.29. The van der Waals surface area contributed by atoms with Gasteiger partial charge in [-0.3, -0.25) is 0 Å². The number of allylic oxidation sites excluding steroid dienone is 1. The van der Waals surface area contributed by atoms with Crippen LogP contribution in [0.1, 0.15) is 6.92 Å². The van der Waals surface area contributed by atoms with Crippen molar-refractivity contribution in [3.63, 3.8) is 0 Å². The van der Waals surface area contributed by atoms with Crippen molar-refractivity contribution < 1.29 is 30.7 Å². The van der Waals surface area contributed by atoms with Crippen LogP contribution < -0.4 is 26.9 Å². The standard InChI is InChI=1S/C11H12INO2/c1-8(13)10(11(14)15-2)12-9-6-4-3-5-7-9/h3-7H,1-2H3,(H-,13,14)/p+1. The van der Waals surface area contributed by atoms with Gasteiger partial charge in [-0.2, -0.15) is 0 Å². The molecular formula is C11H13INO2+. The Morgan fingerprint density at radius 2 is 1.93 bits per heavy atom. The van der Waals surface area contributed by atoms with Crippen LogP contribution in [-0.2, 0) is 9.53 Å². The molecule has 0 amide bonds. The van der Waals surface area contributed by atoms with E-state index in [1.54, 1.807) is 6.92 Å². The van der Waals surface area contributed by atoms with E-state index in [4.69, 9.17) is 10.5 Å². The third-order valence-corrected chi connectivity index (χ3v) is 4.82. The molecule has 80 valence electrons. The van der Waals surface area contributed by atoms with Gasteiger partial charge in [0, 0.05) is 0 Å². The summed E-state index contributed by atoms with van der Waals surface area (Å²) in [7, 11) is 1.38. The molecular weight excluding hydrogens is 305 g/mol. The minimum Gasteiger partial charge on any atom is -0.463 e. The number of benzene rings is 1. The van der Waals surface area contributed by atoms with Gasteiger partial charge in [0.1, 0.15) is 0 Å². The molecule has 0 aliphatic carbocycles. The van der Waals surface area contributed by atoms with Crippen LogP contribution in [0.25, 0.3) is 0 Å². The van der Waals surface area contributed by atoms with Crippen molar-refractivity contribution in [2.45, 2.75) is 6.92 Å². The normalized spacial score (nSPS) is 11.9. The van der Waals surface area contributed by atoms with Crippen LogP contribution >= 0.6 is 0 Å². The van der Waals surface area contributed by atoms with Crippen molar-refractivity contribution in [1.29, 1.82) is 0 Å². The van der Waals surface area contributed by atoms with Gasteiger partial charge >= 0.3 is 27.2 Å². The van der Waals surface area contributed by atoms with Gasteiger partial charge in [-0.05, 0) is 19.1 Å². The van der Waals surface area contributed by atoms with Gasteiger partial charge in [-0.15, -0.1) is 0 Å². The second-order valence-corrected chi connectivity index (χ2v) is 5.74. The number of hydrogen-bond donors (Lipinski definition) is 1. The van der Waals surface area contributed by atoms with Gasteiger partial charge in [-0.25, -0.2) is 4.79 Å². The predicted molar refractivity (Wildman–Crippen MR) is 54.0 cm³/mol. The molecule has 0 saturated carbocycles. The topological polar surface area (TPSA) is 52.3 Å². The van der Waals surface area contributed by atoms with E-state index < -0.39 is 21.2 Å². The number of carbonyl (C=O) groups excluding carboxylic acids is 1. The molecule has 0 heterocycles. The van der Waals surface area contributed by atoms with Crippen LogP contribution in [-0.4, -0.2) is 13.1 Å². The SMILES string of the molecule is COC(=O)/C([I+]c1ccccc1)=C(/C)N. The highest BCUT2D eigenvalue weighted by atomic mass is 127. The zero-order valence-corrected chi connectivity index (χ0v) is 10.8. The molecule has 0 spiro atoms. The number of rotatable bonds is 3. The summed E-state index contributed by atoms with van der Waals surface area (Å²) in [6.07, 6.45) is 0. The molecule has 2 N–H and O–H groups in total. The van der Waals surface area contributed by atoms with E-state index in [1.165, 1.54) is 7.11 Å². The van der Waals surface area contributed by atoms with Gasteiger partial charge < -0.3 is 10.5 Å². The third-order valence-electron chi connectivity index (χ3n) is 1.65. The van der Waals surface area contributed by atoms with Gasteiger partial charge in [0.15, 0.2) is 3.57 Å². The molecule has 0 aliphatic rings. The lowest BCUT2D eigenvalue weighted by Crippen LogP contribution is -3.61. The van der Waals surface area contributed by atoms with Gasteiger partial charge in [0.05, 0.1) is 12.8 Å². The maximum Gasteiger partial charge on any atom is 0.387 e. The lowest BCUT2D eigenvalue weighted by atomic mass is 10.4. The molecule has 0 saturated heterocycles. The molecule has 0 bridgehead atoms. The van der Waals surface area contributed by atoms with E-state index >= 15 is 0 Å². The zero-order chi connectivity index (χ0) is 11.3. The number of carbonyl (C=O) groups is 1. The van der Waals surface area contributed by atoms with E-state index in [2.05, 4.69) is 0 Å². The quantitative estimate of drug-likeness (QED) is 0.411. The largest absolute Gasteiger partial charge is 0.463 e. The first-order chi connectivity index (χ1) is 7.15. The monoisotopic (exact) mass is 318 g/mol. The van der Waals surface area contributed by atoms with Crippen molar-refractivity contribution in [3.05, 3.63) is 43.2 Å². The van der Waals surface area contributed by atoms with Crippen molar-refractivity contribution >= 4 is 5.97 Å². The van der Waals surface area contributed by atoms with E-state index in [-0.39, 0.29) is 5.97 Å². The fourth-order valence-electron chi connectivity index (χ4n) is 0.950. The summed E-state index contributed by atoms with van der Waals surface area (Å²) >= 11 is -0.546. The summed E-state index contributed by atoms with van der Waals surface area (Å²) in [6.45, 7) is 1.73. The molecule has 1 rings (SSSR count). The van der Waals surface area contributed by atoms with Gasteiger partial charge in [-0.1, -0.05) is 18.2 Å². The highest BCUT2D eigenvalue weighted by Crippen LogP contribution is 1.90. The molecule has 3 nitrogen and oxygen atoms in total. The average Bonchev–Trinajstić information content (AvgIpc) is 2.26. The van der Waals surface area contributed by atoms with Crippen LogP contribution in [0.2, 0.25) is 0 Å². The predicted octanol–water partition coefficient (Wildman–Crippen LogP) is -1.69. The lowest BCUT2D eigenvalue weighted by Gasteiger charge is -1.95. The Morgan fingerprint density at radius 1 is 1.33 bits per heavy atom. The third kappa shape index (κ3) is 3.54. The number of esters is 1. The van der Waals surface area contributed by atoms with E-state index in [1.807, 2.05) is 30.3 Å². The summed E-state index contributed by atoms with van der Waals surface area (Å²) in [5.74, 6) is -0.313. The smallest absolute Gasteiger partial charge is 0.387 e. The molecule has 0 aliphatic heterocycles. The second kappa shape index (κ2) is 5.75. The molecule has 1 aromatic rings. The summed E-state index contributed by atoms with van der Waals surface area (Å²) in [5, 5.41) is 0. The van der Waals surface area contributed by atoms with Gasteiger partial charge in [0.2, 0.25) is 0 Å². The number of ether oxygens (including phenoxy) is 1. The molecule has 15 heavy (non-hydrogen) atoms. The summed E-state index contributed by atoms with van der Waals surface area (Å²) < 4.78 is 6.48. The molecule has 1 aromatic carbocycles. The summed E-state index contributed by atoms with van der Waals surface area (Å²) in [4.78, 5) is 11.4. The Kier molecular flexibility index (Phi) is 4.61. The Balaban J connectivity index is 2.87. The number of halogens is 1. The van der Waals surface area contributed by atoms with E-state index in [0.717, 1.165) is 3.57 Å². The Morgan fingerprint density at radius 3 is 2.40 bits per heavy atom. The number of methoxy groups -OCH3 is 1. The Labute approximate surface area is 99.6 Å². The molecule has 0 unspecified atom stereocenters. The van der Waals surface area contributed by atoms with Crippen molar-refractivity contribution in [3.8, 4) is 0 Å². The second-order valence-electron chi connectivity index (χ2n) is 2.88. The van der Waals surface area contributed by atoms with Crippen LogP contribution in [0.4, 0.5) is 0 Å². The average molecular weight is 318 g/mol. The fraction of sp³-hybridized carbons (Fsp3) is 0.182. The number of hydrogen-bond acceptors (Lipinski definition) is 3. The first-order valence-corrected chi connectivity index (χ1v) is 6.55. The zero-order valence-electron chi connectivity index (χ0n) is 8.66. The lowest BCUT2D eigenvalue weighted by molar-refractivity contribution is -0.572. The fourth-order valence-corrected chi connectivity index (χ4v) is 3.21. The maximum atomic E-state index is 11.4. The van der Waals surface area contributed by atoms with Crippen LogP contribution in [0, 0.1) is 3.57 Å². The maximum absolute atomic E-state index is 11.4. The van der Waals surface area contributed by atoms with Gasteiger partial charge in [0.25, 0.3) is 3.58 Å². The molecule has 0 atom stereocenters.